The number of nitrogens with zero attached hydrogens (tertiary/aromatic N) is 5. The van der Waals surface area contributed by atoms with E-state index in [2.05, 4.69) is 26.3 Å². The van der Waals surface area contributed by atoms with Crippen LogP contribution >= 0.6 is 0 Å². The second kappa shape index (κ2) is 7.67. The first-order valence-corrected chi connectivity index (χ1v) is 9.50. The number of H-pyrrole nitrogens is 1. The van der Waals surface area contributed by atoms with Crippen LogP contribution in [0.1, 0.15) is 5.56 Å². The molecule has 2 aromatic heterocycles. The van der Waals surface area contributed by atoms with E-state index in [1.54, 1.807) is 29.8 Å². The summed E-state index contributed by atoms with van der Waals surface area (Å²) in [7, 11) is 1.56. The molecule has 152 valence electrons. The van der Waals surface area contributed by atoms with Gasteiger partial charge in [0.05, 0.1) is 6.54 Å². The summed E-state index contributed by atoms with van der Waals surface area (Å²) < 4.78 is 17.3. The largest absolute Gasteiger partial charge is 0.340 e. The summed E-state index contributed by atoms with van der Waals surface area (Å²) in [5, 5.41) is 0. The first-order chi connectivity index (χ1) is 14.0. The van der Waals surface area contributed by atoms with Crippen LogP contribution in [0.15, 0.2) is 46.5 Å². The lowest BCUT2D eigenvalue weighted by Gasteiger charge is -2.34. The first-order valence-electron chi connectivity index (χ1n) is 9.50. The van der Waals surface area contributed by atoms with E-state index in [9.17, 15) is 14.0 Å². The molecule has 1 fully saturated rings. The maximum Gasteiger partial charge on any atom is 0.329 e. The Morgan fingerprint density at radius 1 is 1.21 bits per heavy atom. The first kappa shape index (κ1) is 19.1. The molecule has 0 spiro atoms. The minimum Gasteiger partial charge on any atom is -0.340 e. The van der Waals surface area contributed by atoms with Gasteiger partial charge in [0.15, 0.2) is 11.2 Å². The molecule has 0 saturated carbocycles. The topological polar surface area (TPSA) is 79.2 Å². The Kier molecular flexibility index (Phi) is 5.06. The lowest BCUT2D eigenvalue weighted by Crippen LogP contribution is -2.47. The van der Waals surface area contributed by atoms with E-state index in [1.165, 1.54) is 10.6 Å². The van der Waals surface area contributed by atoms with E-state index in [1.807, 2.05) is 6.08 Å². The number of nitrogens with one attached hydrogen (secondary N) is 1. The van der Waals surface area contributed by atoms with Crippen LogP contribution in [0.25, 0.3) is 11.2 Å². The number of piperazine rings is 1. The SMILES string of the molecule is C=CCN1CCN(c2nc3c(c(=O)[nH]c(=O)n3C)n2Cc2ccccc2F)CC1. The molecule has 1 saturated heterocycles. The van der Waals surface area contributed by atoms with Crippen LogP contribution in [0.2, 0.25) is 0 Å². The Labute approximate surface area is 166 Å². The van der Waals surface area contributed by atoms with Crippen molar-refractivity contribution in [2.75, 3.05) is 37.6 Å². The Morgan fingerprint density at radius 3 is 2.62 bits per heavy atom. The minimum absolute atomic E-state index is 0.145. The van der Waals surface area contributed by atoms with E-state index >= 15 is 0 Å². The van der Waals surface area contributed by atoms with Gasteiger partial charge in [0.25, 0.3) is 5.56 Å². The molecule has 9 heteroatoms. The van der Waals surface area contributed by atoms with Gasteiger partial charge in [0.1, 0.15) is 5.82 Å². The Morgan fingerprint density at radius 2 is 1.93 bits per heavy atom. The number of benzene rings is 1. The Balaban J connectivity index is 1.83. The van der Waals surface area contributed by atoms with Gasteiger partial charge in [-0.15, -0.1) is 6.58 Å². The quantitative estimate of drug-likeness (QED) is 0.647. The average Bonchev–Trinajstić information content (AvgIpc) is 3.09. The zero-order valence-corrected chi connectivity index (χ0v) is 16.3. The van der Waals surface area contributed by atoms with Gasteiger partial charge in [-0.25, -0.2) is 9.18 Å². The van der Waals surface area contributed by atoms with Gasteiger partial charge in [0.2, 0.25) is 5.95 Å². The van der Waals surface area contributed by atoms with Gasteiger partial charge < -0.3 is 4.90 Å². The van der Waals surface area contributed by atoms with Crippen LogP contribution in [-0.4, -0.2) is 56.7 Å². The molecule has 29 heavy (non-hydrogen) atoms. The van der Waals surface area contributed by atoms with Crippen molar-refractivity contribution < 1.29 is 4.39 Å². The highest BCUT2D eigenvalue weighted by molar-refractivity contribution is 5.74. The highest BCUT2D eigenvalue weighted by Crippen LogP contribution is 2.23. The Bertz CT molecular complexity index is 1170. The van der Waals surface area contributed by atoms with Crippen molar-refractivity contribution in [3.63, 3.8) is 0 Å². The number of hydrogen-bond donors (Lipinski definition) is 1. The van der Waals surface area contributed by atoms with E-state index in [-0.39, 0.29) is 17.9 Å². The molecule has 1 aromatic carbocycles. The molecule has 4 rings (SSSR count). The summed E-state index contributed by atoms with van der Waals surface area (Å²) in [6, 6.07) is 6.46. The van der Waals surface area contributed by atoms with Gasteiger partial charge >= 0.3 is 5.69 Å². The molecular formula is C20H23FN6O2. The maximum atomic E-state index is 14.3. The van der Waals surface area contributed by atoms with Crippen LogP contribution < -0.4 is 16.1 Å². The van der Waals surface area contributed by atoms with Crippen LogP contribution in [0.4, 0.5) is 10.3 Å². The molecule has 0 bridgehead atoms. The number of halogens is 1. The molecule has 3 aromatic rings. The summed E-state index contributed by atoms with van der Waals surface area (Å²) in [5.41, 5.74) is -0.0482. The third kappa shape index (κ3) is 3.49. The summed E-state index contributed by atoms with van der Waals surface area (Å²) in [6.07, 6.45) is 1.87. The average molecular weight is 398 g/mol. The molecule has 1 N–H and O–H groups in total. The van der Waals surface area contributed by atoms with E-state index in [0.29, 0.717) is 30.2 Å². The molecule has 0 aliphatic carbocycles. The third-order valence-corrected chi connectivity index (χ3v) is 5.32. The predicted octanol–water partition coefficient (Wildman–Crippen LogP) is 0.919. The van der Waals surface area contributed by atoms with Crippen molar-refractivity contribution in [2.45, 2.75) is 6.54 Å². The fourth-order valence-corrected chi connectivity index (χ4v) is 3.72. The fourth-order valence-electron chi connectivity index (χ4n) is 3.72. The molecule has 1 aliphatic heterocycles. The summed E-state index contributed by atoms with van der Waals surface area (Å²) in [4.78, 5) is 36.0. The van der Waals surface area contributed by atoms with Crippen molar-refractivity contribution in [1.29, 1.82) is 0 Å². The molecule has 0 unspecified atom stereocenters. The highest BCUT2D eigenvalue weighted by atomic mass is 19.1. The number of hydrogen-bond acceptors (Lipinski definition) is 5. The van der Waals surface area contributed by atoms with Crippen molar-refractivity contribution in [1.82, 2.24) is 24.0 Å². The third-order valence-electron chi connectivity index (χ3n) is 5.32. The number of anilines is 1. The second-order valence-corrected chi connectivity index (χ2v) is 7.16. The van der Waals surface area contributed by atoms with Crippen molar-refractivity contribution >= 4 is 17.1 Å². The van der Waals surface area contributed by atoms with Gasteiger partial charge in [-0.2, -0.15) is 4.98 Å². The van der Waals surface area contributed by atoms with Crippen molar-refractivity contribution in [3.05, 3.63) is 69.1 Å². The number of aryl methyl sites for hydroxylation is 1. The minimum atomic E-state index is -0.527. The normalized spacial score (nSPS) is 15.2. The number of rotatable bonds is 5. The van der Waals surface area contributed by atoms with Gasteiger partial charge in [-0.3, -0.25) is 23.8 Å². The highest BCUT2D eigenvalue weighted by Gasteiger charge is 2.25. The van der Waals surface area contributed by atoms with E-state index < -0.39 is 11.2 Å². The number of imidazole rings is 1. The zero-order valence-electron chi connectivity index (χ0n) is 16.3. The standard InChI is InChI=1S/C20H23FN6O2/c1-3-8-25-9-11-26(12-10-25)19-22-17-16(18(28)23-20(29)24(17)2)27(19)13-14-6-4-5-7-15(14)21/h3-7H,1,8-13H2,2H3,(H,23,28,29). The predicted molar refractivity (Wildman–Crippen MR) is 110 cm³/mol. The Hall–Kier alpha value is -3.20. The van der Waals surface area contributed by atoms with Crippen LogP contribution in [0, 0.1) is 5.82 Å². The van der Waals surface area contributed by atoms with Crippen LogP contribution in [0.3, 0.4) is 0 Å². The van der Waals surface area contributed by atoms with Crippen molar-refractivity contribution in [2.24, 2.45) is 7.05 Å². The number of aromatic amines is 1. The van der Waals surface area contributed by atoms with Gasteiger partial charge in [-0.05, 0) is 6.07 Å². The molecule has 0 atom stereocenters. The second-order valence-electron chi connectivity index (χ2n) is 7.16. The van der Waals surface area contributed by atoms with Crippen LogP contribution in [0.5, 0.6) is 0 Å². The molecule has 0 radical (unpaired) electrons. The van der Waals surface area contributed by atoms with E-state index in [0.717, 1.165) is 19.6 Å². The molecule has 1 aliphatic rings. The maximum absolute atomic E-state index is 14.3. The zero-order chi connectivity index (χ0) is 20.5. The fraction of sp³-hybridized carbons (Fsp3) is 0.350. The lowest BCUT2D eigenvalue weighted by molar-refractivity contribution is 0.282. The van der Waals surface area contributed by atoms with Gasteiger partial charge in [0, 0.05) is 45.3 Å². The lowest BCUT2D eigenvalue weighted by atomic mass is 10.2. The smallest absolute Gasteiger partial charge is 0.329 e. The monoisotopic (exact) mass is 398 g/mol. The molecule has 3 heterocycles. The van der Waals surface area contributed by atoms with E-state index in [4.69, 9.17) is 0 Å². The van der Waals surface area contributed by atoms with Gasteiger partial charge in [-0.1, -0.05) is 24.3 Å². The summed E-state index contributed by atoms with van der Waals surface area (Å²) in [6.45, 7) is 7.80. The number of fused-ring (bicyclic) bond motifs is 1. The molecule has 8 nitrogen and oxygen atoms in total. The number of aromatic nitrogens is 4. The summed E-state index contributed by atoms with van der Waals surface area (Å²) >= 11 is 0. The van der Waals surface area contributed by atoms with Crippen molar-refractivity contribution in [3.8, 4) is 0 Å². The summed E-state index contributed by atoms with van der Waals surface area (Å²) in [5.74, 6) is 0.213. The van der Waals surface area contributed by atoms with Crippen LogP contribution in [-0.2, 0) is 13.6 Å². The molecular weight excluding hydrogens is 375 g/mol. The molecule has 0 amide bonds.